The van der Waals surface area contributed by atoms with Gasteiger partial charge in [-0.25, -0.2) is 0 Å². The van der Waals surface area contributed by atoms with Crippen LogP contribution < -0.4 is 21.1 Å². The second-order valence-corrected chi connectivity index (χ2v) is 13.2. The summed E-state index contributed by atoms with van der Waals surface area (Å²) in [6.45, 7) is 5.08. The Morgan fingerprint density at radius 1 is 1.03 bits per heavy atom. The van der Waals surface area contributed by atoms with Crippen LogP contribution in [0.2, 0.25) is 0 Å². The monoisotopic (exact) mass is 565 g/mol. The van der Waals surface area contributed by atoms with E-state index in [1.54, 1.807) is 17.7 Å². The normalized spacial score (nSPS) is 27.0. The lowest BCUT2D eigenvalue weighted by atomic mass is 9.55. The van der Waals surface area contributed by atoms with Crippen LogP contribution in [0.1, 0.15) is 57.9 Å². The van der Waals surface area contributed by atoms with E-state index < -0.39 is 0 Å². The number of alkyl halides is 1. The maximum Gasteiger partial charge on any atom is 0.251 e. The minimum absolute atomic E-state index is 0.0154. The number of hydrogen-bond acceptors (Lipinski definition) is 4. The van der Waals surface area contributed by atoms with Crippen molar-refractivity contribution in [1.82, 2.24) is 9.99 Å². The van der Waals surface area contributed by atoms with Crippen LogP contribution in [0.15, 0.2) is 59.4 Å². The van der Waals surface area contributed by atoms with Crippen molar-refractivity contribution in [1.29, 1.82) is 0 Å². The molecule has 1 amide bonds. The number of hydrazine groups is 1. The van der Waals surface area contributed by atoms with Gasteiger partial charge in [-0.1, -0.05) is 48.0 Å². The van der Waals surface area contributed by atoms with Crippen LogP contribution in [0.4, 0.5) is 5.69 Å². The molecule has 2 aromatic carbocycles. The number of anilines is 1. The molecule has 2 unspecified atom stereocenters. The fraction of sp³-hybridized carbons (Fsp3) is 0.467. The van der Waals surface area contributed by atoms with Gasteiger partial charge in [-0.05, 0) is 85.3 Å². The van der Waals surface area contributed by atoms with Gasteiger partial charge in [-0.2, -0.15) is 0 Å². The average molecular weight is 567 g/mol. The summed E-state index contributed by atoms with van der Waals surface area (Å²) in [5, 5.41) is 0.881. The second-order valence-electron chi connectivity index (χ2n) is 11.5. The summed E-state index contributed by atoms with van der Waals surface area (Å²) in [7, 11) is 1.64. The van der Waals surface area contributed by atoms with E-state index >= 15 is 0 Å². The zero-order valence-corrected chi connectivity index (χ0v) is 23.4. The van der Waals surface area contributed by atoms with Gasteiger partial charge in [0.2, 0.25) is 5.91 Å². The van der Waals surface area contributed by atoms with Crippen LogP contribution in [0.5, 0.6) is 5.75 Å². The lowest BCUT2D eigenvalue weighted by molar-refractivity contribution is -0.125. The number of rotatable bonds is 7. The first-order chi connectivity index (χ1) is 17.7. The van der Waals surface area contributed by atoms with E-state index in [2.05, 4.69) is 40.6 Å². The minimum Gasteiger partial charge on any atom is -0.497 e. The van der Waals surface area contributed by atoms with Crippen molar-refractivity contribution in [2.75, 3.05) is 12.5 Å². The summed E-state index contributed by atoms with van der Waals surface area (Å²) >= 11 is 4.06. The number of benzene rings is 2. The van der Waals surface area contributed by atoms with Crippen LogP contribution in [-0.2, 0) is 11.3 Å². The first kappa shape index (κ1) is 25.8. The summed E-state index contributed by atoms with van der Waals surface area (Å²) in [6.07, 6.45) is 6.16. The van der Waals surface area contributed by atoms with Gasteiger partial charge in [-0.15, -0.1) is 0 Å². The van der Waals surface area contributed by atoms with E-state index in [4.69, 9.17) is 4.74 Å². The van der Waals surface area contributed by atoms with Crippen molar-refractivity contribution in [3.8, 4) is 5.75 Å². The van der Waals surface area contributed by atoms with Crippen molar-refractivity contribution in [3.05, 3.63) is 70.5 Å². The topological polar surface area (TPSA) is 72.4 Å². The van der Waals surface area contributed by atoms with E-state index in [-0.39, 0.29) is 21.2 Å². The summed E-state index contributed by atoms with van der Waals surface area (Å²) in [4.78, 5) is 26.0. The quantitative estimate of drug-likeness (QED) is 0.262. The highest BCUT2D eigenvalue weighted by Crippen LogP contribution is 2.59. The van der Waals surface area contributed by atoms with Crippen LogP contribution in [0.25, 0.3) is 10.9 Å². The van der Waals surface area contributed by atoms with E-state index in [9.17, 15) is 9.59 Å². The van der Waals surface area contributed by atoms with Crippen molar-refractivity contribution in [2.45, 2.75) is 63.2 Å². The summed E-state index contributed by atoms with van der Waals surface area (Å²) < 4.78 is 7.17. The molecule has 2 fully saturated rings. The van der Waals surface area contributed by atoms with Gasteiger partial charge in [0.1, 0.15) is 5.75 Å². The Kier molecular flexibility index (Phi) is 7.10. The summed E-state index contributed by atoms with van der Waals surface area (Å²) in [5.41, 5.74) is 8.70. The van der Waals surface area contributed by atoms with Gasteiger partial charge in [0.05, 0.1) is 24.9 Å². The Hall–Kier alpha value is -2.80. The molecule has 0 saturated heterocycles. The fourth-order valence-corrected chi connectivity index (χ4v) is 8.94. The number of nitrogens with zero attached hydrogens (tertiary/aromatic N) is 1. The van der Waals surface area contributed by atoms with Gasteiger partial charge in [0.15, 0.2) is 0 Å². The molecule has 3 aromatic rings. The molecule has 0 aliphatic heterocycles. The first-order valence-corrected chi connectivity index (χ1v) is 14.0. The molecule has 196 valence electrons. The Bertz CT molecular complexity index is 1340. The molecule has 1 heterocycles. The third-order valence-electron chi connectivity index (χ3n) is 8.09. The summed E-state index contributed by atoms with van der Waals surface area (Å²) in [5.74, 6) is 2.02. The molecule has 2 aliphatic rings. The van der Waals surface area contributed by atoms with Gasteiger partial charge >= 0.3 is 0 Å². The van der Waals surface area contributed by atoms with Crippen molar-refractivity contribution < 1.29 is 9.53 Å². The van der Waals surface area contributed by atoms with Gasteiger partial charge < -0.3 is 9.30 Å². The molecular weight excluding hydrogens is 530 g/mol. The molecule has 2 saturated carbocycles. The van der Waals surface area contributed by atoms with Gasteiger partial charge in [-0.3, -0.25) is 20.4 Å². The Morgan fingerprint density at radius 3 is 2.41 bits per heavy atom. The predicted octanol–water partition coefficient (Wildman–Crippen LogP) is 6.26. The number of carbonyl (C=O) groups excluding carboxylic acids is 1. The average Bonchev–Trinajstić information content (AvgIpc) is 2.83. The number of nitrogens with one attached hydrogen (secondary N) is 2. The number of amides is 1. The number of carbonyl (C=O) groups is 1. The van der Waals surface area contributed by atoms with E-state index in [0.717, 1.165) is 47.2 Å². The van der Waals surface area contributed by atoms with Gasteiger partial charge in [0.25, 0.3) is 5.56 Å². The third-order valence-corrected chi connectivity index (χ3v) is 9.02. The number of ether oxygens (including phenoxy) is 1. The first-order valence-electron chi connectivity index (χ1n) is 13.2. The predicted molar refractivity (Wildman–Crippen MR) is 152 cm³/mol. The standard InChI is InChI=1S/C30H36BrN3O3/c1-20-13-29(14-21(2)16-30(31,15-20)19-29)17-27(35)33-32-25-5-4-6-26-24(25)11-12-28(36)34(26)18-22-7-9-23(37-3)10-8-22/h4-12,20-21,32H,13-19H2,1-3H3,(H,33,35). The Labute approximate surface area is 226 Å². The highest BCUT2D eigenvalue weighted by Gasteiger charge is 2.51. The second kappa shape index (κ2) is 10.2. The maximum absolute atomic E-state index is 13.2. The van der Waals surface area contributed by atoms with E-state index in [1.807, 2.05) is 48.5 Å². The molecule has 2 atom stereocenters. The molecule has 0 radical (unpaired) electrons. The lowest BCUT2D eigenvalue weighted by Crippen LogP contribution is -2.49. The number of aromatic nitrogens is 1. The van der Waals surface area contributed by atoms with Crippen molar-refractivity contribution in [2.24, 2.45) is 17.3 Å². The third kappa shape index (κ3) is 5.57. The SMILES string of the molecule is COc1ccc(Cn2c(=O)ccc3c(NNC(=O)CC45CC(C)CC(Br)(CC(C)C4)C5)cccc32)cc1. The van der Waals surface area contributed by atoms with Crippen LogP contribution in [0, 0.1) is 17.3 Å². The van der Waals surface area contributed by atoms with Crippen LogP contribution in [-0.4, -0.2) is 21.9 Å². The zero-order valence-electron chi connectivity index (χ0n) is 21.9. The minimum atomic E-state index is -0.0697. The Balaban J connectivity index is 1.33. The van der Waals surface area contributed by atoms with E-state index in [0.29, 0.717) is 24.8 Å². The molecule has 2 bridgehead atoms. The van der Waals surface area contributed by atoms with Crippen LogP contribution >= 0.6 is 15.9 Å². The Morgan fingerprint density at radius 2 is 1.73 bits per heavy atom. The van der Waals surface area contributed by atoms with Crippen molar-refractivity contribution in [3.63, 3.8) is 0 Å². The smallest absolute Gasteiger partial charge is 0.251 e. The molecule has 1 aromatic heterocycles. The molecule has 2 aliphatic carbocycles. The maximum atomic E-state index is 13.2. The largest absolute Gasteiger partial charge is 0.497 e. The zero-order chi connectivity index (χ0) is 26.2. The molecule has 7 heteroatoms. The molecular formula is C30H36BrN3O3. The molecule has 37 heavy (non-hydrogen) atoms. The molecule has 5 rings (SSSR count). The van der Waals surface area contributed by atoms with Gasteiger partial charge in [0, 0.05) is 22.2 Å². The molecule has 2 N–H and O–H groups in total. The highest BCUT2D eigenvalue weighted by molar-refractivity contribution is 9.10. The number of pyridine rings is 1. The molecule has 6 nitrogen and oxygen atoms in total. The molecule has 0 spiro atoms. The summed E-state index contributed by atoms with van der Waals surface area (Å²) in [6, 6.07) is 16.9. The lowest BCUT2D eigenvalue weighted by Gasteiger charge is -2.54. The number of fused-ring (bicyclic) bond motifs is 3. The number of methoxy groups -OCH3 is 1. The van der Waals surface area contributed by atoms with Crippen molar-refractivity contribution >= 4 is 38.4 Å². The number of hydrogen-bond donors (Lipinski definition) is 2. The number of halogens is 1. The van der Waals surface area contributed by atoms with E-state index in [1.165, 1.54) is 12.8 Å². The van der Waals surface area contributed by atoms with Crippen LogP contribution in [0.3, 0.4) is 0 Å². The fourth-order valence-electron chi connectivity index (χ4n) is 7.24. The highest BCUT2D eigenvalue weighted by atomic mass is 79.9.